The highest BCUT2D eigenvalue weighted by molar-refractivity contribution is 6.11. The zero-order chi connectivity index (χ0) is 14.7. The molecule has 0 aliphatic carbocycles. The second-order valence-corrected chi connectivity index (χ2v) is 4.44. The summed E-state index contributed by atoms with van der Waals surface area (Å²) in [5, 5.41) is 6.40. The van der Waals surface area contributed by atoms with Crippen molar-refractivity contribution in [3.05, 3.63) is 71.3 Å². The molecule has 0 aliphatic rings. The fraction of sp³-hybridized carbons (Fsp3) is 0. The minimum atomic E-state index is -0.295. The second kappa shape index (κ2) is 5.50. The third kappa shape index (κ3) is 2.49. The first kappa shape index (κ1) is 12.9. The van der Waals surface area contributed by atoms with E-state index in [2.05, 4.69) is 15.5 Å². The molecule has 5 nitrogen and oxygen atoms in total. The van der Waals surface area contributed by atoms with Gasteiger partial charge in [0.15, 0.2) is 0 Å². The zero-order valence-corrected chi connectivity index (χ0v) is 11.0. The van der Waals surface area contributed by atoms with Gasteiger partial charge in [-0.25, -0.2) is 0 Å². The van der Waals surface area contributed by atoms with Gasteiger partial charge in [0.1, 0.15) is 5.69 Å². The molecule has 21 heavy (non-hydrogen) atoms. The molecule has 0 saturated carbocycles. The molecule has 5 heteroatoms. The quantitative estimate of drug-likeness (QED) is 0.738. The molecular weight excluding hydrogens is 266 g/mol. The van der Waals surface area contributed by atoms with Crippen LogP contribution in [0.4, 0.5) is 11.4 Å². The average Bonchev–Trinajstić information content (AvgIpc) is 2.56. The van der Waals surface area contributed by atoms with Gasteiger partial charge >= 0.3 is 0 Å². The molecule has 102 valence electrons. The number of fused-ring (bicyclic) bond motifs is 1. The van der Waals surface area contributed by atoms with Gasteiger partial charge in [-0.1, -0.05) is 18.2 Å². The number of nitrogens with one attached hydrogen (secondary N) is 1. The van der Waals surface area contributed by atoms with Crippen molar-refractivity contribution in [2.24, 2.45) is 5.18 Å². The predicted molar refractivity (Wildman–Crippen MR) is 81.6 cm³/mol. The third-order valence-electron chi connectivity index (χ3n) is 3.14. The van der Waals surface area contributed by atoms with E-state index < -0.39 is 0 Å². The van der Waals surface area contributed by atoms with E-state index >= 15 is 0 Å². The van der Waals surface area contributed by atoms with Crippen LogP contribution in [0.3, 0.4) is 0 Å². The Hall–Kier alpha value is -3.08. The van der Waals surface area contributed by atoms with Gasteiger partial charge in [0, 0.05) is 17.1 Å². The molecule has 0 bridgehead atoms. The minimum absolute atomic E-state index is 0.180. The first-order chi connectivity index (χ1) is 10.3. The van der Waals surface area contributed by atoms with Gasteiger partial charge in [0.25, 0.3) is 5.91 Å². The van der Waals surface area contributed by atoms with Crippen LogP contribution < -0.4 is 5.32 Å². The van der Waals surface area contributed by atoms with Crippen molar-refractivity contribution < 1.29 is 4.79 Å². The maximum absolute atomic E-state index is 12.3. The summed E-state index contributed by atoms with van der Waals surface area (Å²) in [5.74, 6) is -0.295. The molecule has 0 saturated heterocycles. The van der Waals surface area contributed by atoms with E-state index in [9.17, 15) is 9.70 Å². The first-order valence-corrected chi connectivity index (χ1v) is 6.37. The Bertz CT molecular complexity index is 816. The minimum Gasteiger partial charge on any atom is -0.319 e. The molecule has 1 heterocycles. The van der Waals surface area contributed by atoms with Crippen molar-refractivity contribution in [2.75, 3.05) is 5.32 Å². The maximum Gasteiger partial charge on any atom is 0.255 e. The lowest BCUT2D eigenvalue weighted by Crippen LogP contribution is -2.12. The molecular formula is C16H11N3O2. The molecule has 0 unspecified atom stereocenters. The van der Waals surface area contributed by atoms with Crippen molar-refractivity contribution >= 4 is 28.2 Å². The molecule has 3 rings (SSSR count). The lowest BCUT2D eigenvalue weighted by Gasteiger charge is -2.10. The molecule has 0 radical (unpaired) electrons. The number of benzene rings is 2. The predicted octanol–water partition coefficient (Wildman–Crippen LogP) is 3.89. The fourth-order valence-corrected chi connectivity index (χ4v) is 2.12. The van der Waals surface area contributed by atoms with Crippen LogP contribution in [0.5, 0.6) is 0 Å². The molecule has 1 amide bonds. The summed E-state index contributed by atoms with van der Waals surface area (Å²) >= 11 is 0. The van der Waals surface area contributed by atoms with E-state index in [4.69, 9.17) is 0 Å². The lowest BCUT2D eigenvalue weighted by molar-refractivity contribution is 0.102. The Kier molecular flexibility index (Phi) is 3.39. The van der Waals surface area contributed by atoms with E-state index in [0.29, 0.717) is 22.2 Å². The number of amides is 1. The van der Waals surface area contributed by atoms with E-state index in [1.165, 1.54) is 0 Å². The Balaban J connectivity index is 2.07. The van der Waals surface area contributed by atoms with Crippen molar-refractivity contribution in [1.82, 2.24) is 4.98 Å². The van der Waals surface area contributed by atoms with Gasteiger partial charge in [-0.3, -0.25) is 9.78 Å². The van der Waals surface area contributed by atoms with Gasteiger partial charge in [-0.05, 0) is 41.6 Å². The zero-order valence-electron chi connectivity index (χ0n) is 11.0. The number of hydrogen-bond acceptors (Lipinski definition) is 4. The molecule has 1 aromatic heterocycles. The van der Waals surface area contributed by atoms with Crippen LogP contribution in [-0.2, 0) is 0 Å². The Morgan fingerprint density at radius 1 is 1.00 bits per heavy atom. The van der Waals surface area contributed by atoms with Gasteiger partial charge < -0.3 is 5.32 Å². The Morgan fingerprint density at radius 3 is 2.57 bits per heavy atom. The van der Waals surface area contributed by atoms with Gasteiger partial charge in [0.05, 0.1) is 11.2 Å². The second-order valence-electron chi connectivity index (χ2n) is 4.44. The standard InChI is InChI=1S/C16H11N3O2/c20-16(11-5-2-1-3-6-11)18-15-12-7-4-10-17-13(12)8-9-14(15)19-21/h1-10H,(H,18,20). The van der Waals surface area contributed by atoms with Crippen molar-refractivity contribution in [1.29, 1.82) is 0 Å². The van der Waals surface area contributed by atoms with Crippen LogP contribution in [0, 0.1) is 4.91 Å². The largest absolute Gasteiger partial charge is 0.319 e. The lowest BCUT2D eigenvalue weighted by atomic mass is 10.1. The number of nitrogens with zero attached hydrogens (tertiary/aromatic N) is 2. The van der Waals surface area contributed by atoms with Crippen LogP contribution >= 0.6 is 0 Å². The highest BCUT2D eigenvalue weighted by Crippen LogP contribution is 2.32. The third-order valence-corrected chi connectivity index (χ3v) is 3.14. The van der Waals surface area contributed by atoms with Crippen LogP contribution in [-0.4, -0.2) is 10.9 Å². The Morgan fingerprint density at radius 2 is 1.81 bits per heavy atom. The summed E-state index contributed by atoms with van der Waals surface area (Å²) in [7, 11) is 0. The normalized spacial score (nSPS) is 10.3. The van der Waals surface area contributed by atoms with Gasteiger partial charge in [-0.2, -0.15) is 0 Å². The monoisotopic (exact) mass is 277 g/mol. The van der Waals surface area contributed by atoms with Crippen LogP contribution in [0.25, 0.3) is 10.9 Å². The summed E-state index contributed by atoms with van der Waals surface area (Å²) in [6.45, 7) is 0. The summed E-state index contributed by atoms with van der Waals surface area (Å²) in [6, 6.07) is 15.6. The van der Waals surface area contributed by atoms with Crippen molar-refractivity contribution in [3.8, 4) is 0 Å². The number of carbonyl (C=O) groups is 1. The number of pyridine rings is 1. The van der Waals surface area contributed by atoms with Crippen molar-refractivity contribution in [3.63, 3.8) is 0 Å². The summed E-state index contributed by atoms with van der Waals surface area (Å²) in [4.78, 5) is 27.4. The fourth-order valence-electron chi connectivity index (χ4n) is 2.12. The van der Waals surface area contributed by atoms with E-state index in [1.54, 1.807) is 54.7 Å². The molecule has 2 aromatic carbocycles. The summed E-state index contributed by atoms with van der Waals surface area (Å²) < 4.78 is 0. The highest BCUT2D eigenvalue weighted by Gasteiger charge is 2.13. The topological polar surface area (TPSA) is 71.4 Å². The van der Waals surface area contributed by atoms with Gasteiger partial charge in [-0.15, -0.1) is 4.91 Å². The number of anilines is 1. The average molecular weight is 277 g/mol. The SMILES string of the molecule is O=Nc1ccc2ncccc2c1NC(=O)c1ccccc1. The van der Waals surface area contributed by atoms with E-state index in [1.807, 2.05) is 6.07 Å². The summed E-state index contributed by atoms with van der Waals surface area (Å²) in [6.07, 6.45) is 1.65. The number of aromatic nitrogens is 1. The molecule has 0 spiro atoms. The number of carbonyl (C=O) groups excluding carboxylic acids is 1. The number of rotatable bonds is 3. The molecule has 3 aromatic rings. The van der Waals surface area contributed by atoms with Crippen molar-refractivity contribution in [2.45, 2.75) is 0 Å². The molecule has 1 N–H and O–H groups in total. The van der Waals surface area contributed by atoms with Crippen LogP contribution in [0.15, 0.2) is 66.0 Å². The first-order valence-electron chi connectivity index (χ1n) is 6.37. The highest BCUT2D eigenvalue weighted by atomic mass is 16.3. The number of hydrogen-bond donors (Lipinski definition) is 1. The Labute approximate surface area is 120 Å². The smallest absolute Gasteiger partial charge is 0.255 e. The molecule has 0 atom stereocenters. The van der Waals surface area contributed by atoms with Crippen LogP contribution in [0.1, 0.15) is 10.4 Å². The maximum atomic E-state index is 12.3. The summed E-state index contributed by atoms with van der Waals surface area (Å²) in [5.41, 5.74) is 1.76. The van der Waals surface area contributed by atoms with E-state index in [-0.39, 0.29) is 11.6 Å². The molecule has 0 fully saturated rings. The van der Waals surface area contributed by atoms with Gasteiger partial charge in [0.2, 0.25) is 0 Å². The number of nitroso groups, excluding NO2 is 1. The van der Waals surface area contributed by atoms with Crippen LogP contribution in [0.2, 0.25) is 0 Å². The molecule has 0 aliphatic heterocycles. The van der Waals surface area contributed by atoms with E-state index in [0.717, 1.165) is 0 Å².